The van der Waals surface area contributed by atoms with Crippen LogP contribution in [0.1, 0.15) is 6.42 Å². The molecule has 1 aromatic carbocycles. The van der Waals surface area contributed by atoms with E-state index in [0.29, 0.717) is 11.7 Å². The molecule has 0 bridgehead atoms. The van der Waals surface area contributed by atoms with Gasteiger partial charge in [0.25, 0.3) is 0 Å². The Morgan fingerprint density at radius 2 is 2.05 bits per heavy atom. The highest BCUT2D eigenvalue weighted by molar-refractivity contribution is 7.89. The monoisotopic (exact) mass is 284 g/mol. The molecule has 1 aliphatic heterocycles. The Hall–Kier alpha value is -1.31. The van der Waals surface area contributed by atoms with Gasteiger partial charge in [0, 0.05) is 19.1 Å². The molecular formula is C12H20N4O2S. The van der Waals surface area contributed by atoms with E-state index in [9.17, 15) is 8.42 Å². The van der Waals surface area contributed by atoms with Crippen molar-refractivity contribution in [3.05, 3.63) is 18.2 Å². The van der Waals surface area contributed by atoms with Crippen molar-refractivity contribution >= 4 is 21.4 Å². The van der Waals surface area contributed by atoms with E-state index in [4.69, 9.17) is 10.9 Å². The predicted molar refractivity (Wildman–Crippen MR) is 76.5 cm³/mol. The lowest BCUT2D eigenvalue weighted by atomic mass is 10.2. The summed E-state index contributed by atoms with van der Waals surface area (Å²) in [5.41, 5.74) is 7.27. The Balaban J connectivity index is 2.30. The van der Waals surface area contributed by atoms with Crippen LogP contribution in [0.3, 0.4) is 0 Å². The first-order valence-corrected chi connectivity index (χ1v) is 7.67. The molecule has 1 unspecified atom stereocenters. The molecule has 6 nitrogen and oxygen atoms in total. The van der Waals surface area contributed by atoms with Crippen molar-refractivity contribution in [2.75, 3.05) is 37.8 Å². The van der Waals surface area contributed by atoms with Gasteiger partial charge in [-0.2, -0.15) is 0 Å². The summed E-state index contributed by atoms with van der Waals surface area (Å²) in [6, 6.07) is 5.05. The summed E-state index contributed by atoms with van der Waals surface area (Å²) in [7, 11) is 0.386. The predicted octanol–water partition coefficient (Wildman–Crippen LogP) is 0.0565. The van der Waals surface area contributed by atoms with Crippen LogP contribution in [0.25, 0.3) is 0 Å². The maximum absolute atomic E-state index is 11.4. The van der Waals surface area contributed by atoms with Gasteiger partial charge < -0.3 is 15.5 Å². The van der Waals surface area contributed by atoms with Gasteiger partial charge in [-0.25, -0.2) is 13.6 Å². The van der Waals surface area contributed by atoms with Gasteiger partial charge in [-0.1, -0.05) is 0 Å². The van der Waals surface area contributed by atoms with Gasteiger partial charge in [0.2, 0.25) is 10.0 Å². The highest BCUT2D eigenvalue weighted by Gasteiger charge is 2.26. The first-order valence-electron chi connectivity index (χ1n) is 6.13. The molecule has 1 aromatic rings. The first-order chi connectivity index (χ1) is 8.79. The summed E-state index contributed by atoms with van der Waals surface area (Å²) in [6.07, 6.45) is 1.03. The van der Waals surface area contributed by atoms with Crippen molar-refractivity contribution < 1.29 is 8.42 Å². The maximum Gasteiger partial charge on any atom is 0.238 e. The van der Waals surface area contributed by atoms with E-state index in [1.165, 1.54) is 6.07 Å². The average molecular weight is 284 g/mol. The zero-order valence-electron chi connectivity index (χ0n) is 11.2. The van der Waals surface area contributed by atoms with Crippen LogP contribution in [0, 0.1) is 0 Å². The summed E-state index contributed by atoms with van der Waals surface area (Å²) in [4.78, 5) is 4.37. The molecule has 19 heavy (non-hydrogen) atoms. The average Bonchev–Trinajstić information content (AvgIpc) is 2.77. The van der Waals surface area contributed by atoms with Gasteiger partial charge in [0.05, 0.1) is 16.3 Å². The standard InChI is InChI=1S/C12H20N4O2S/c1-15(2)9-5-6-16(8-9)12-7-10(19(14,17)18)3-4-11(12)13/h3-4,7,9H,5-6,8,13H2,1-2H3,(H2,14,17,18). The molecular weight excluding hydrogens is 264 g/mol. The Morgan fingerprint density at radius 1 is 1.37 bits per heavy atom. The number of likely N-dealkylation sites (N-methyl/N-ethyl adjacent to an activating group) is 1. The number of nitrogen functional groups attached to an aromatic ring is 1. The quantitative estimate of drug-likeness (QED) is 0.766. The van der Waals surface area contributed by atoms with Crippen LogP contribution in [0.15, 0.2) is 23.1 Å². The molecule has 2 rings (SSSR count). The van der Waals surface area contributed by atoms with Gasteiger partial charge in [-0.3, -0.25) is 0 Å². The highest BCUT2D eigenvalue weighted by Crippen LogP contribution is 2.29. The van der Waals surface area contributed by atoms with Crippen LogP contribution >= 0.6 is 0 Å². The fraction of sp³-hybridized carbons (Fsp3) is 0.500. The smallest absolute Gasteiger partial charge is 0.238 e. The Kier molecular flexibility index (Phi) is 3.71. The summed E-state index contributed by atoms with van der Waals surface area (Å²) in [6.45, 7) is 1.70. The van der Waals surface area contributed by atoms with Crippen LogP contribution in [0.2, 0.25) is 0 Å². The lowest BCUT2D eigenvalue weighted by Gasteiger charge is -2.23. The number of rotatable bonds is 3. The molecule has 0 aliphatic carbocycles. The Labute approximate surface area is 114 Å². The van der Waals surface area contributed by atoms with Crippen molar-refractivity contribution in [2.45, 2.75) is 17.4 Å². The highest BCUT2D eigenvalue weighted by atomic mass is 32.2. The van der Waals surface area contributed by atoms with Gasteiger partial charge in [0.1, 0.15) is 0 Å². The minimum Gasteiger partial charge on any atom is -0.397 e. The molecule has 1 atom stereocenters. The van der Waals surface area contributed by atoms with Gasteiger partial charge >= 0.3 is 0 Å². The Bertz CT molecular complexity index is 571. The van der Waals surface area contributed by atoms with Crippen molar-refractivity contribution in [1.29, 1.82) is 0 Å². The lowest BCUT2D eigenvalue weighted by Crippen LogP contribution is -2.31. The molecule has 1 fully saturated rings. The third-order valence-electron chi connectivity index (χ3n) is 3.56. The molecule has 1 saturated heterocycles. The van der Waals surface area contributed by atoms with Crippen molar-refractivity contribution in [3.63, 3.8) is 0 Å². The number of anilines is 2. The molecule has 0 aromatic heterocycles. The minimum atomic E-state index is -3.69. The number of hydrogen-bond donors (Lipinski definition) is 2. The fourth-order valence-electron chi connectivity index (χ4n) is 2.36. The first kappa shape index (κ1) is 14.1. The normalized spacial score (nSPS) is 20.2. The number of nitrogens with zero attached hydrogens (tertiary/aromatic N) is 2. The van der Waals surface area contributed by atoms with E-state index in [1.54, 1.807) is 12.1 Å². The van der Waals surface area contributed by atoms with Crippen LogP contribution in [-0.2, 0) is 10.0 Å². The number of primary sulfonamides is 1. The van der Waals surface area contributed by atoms with Crippen molar-refractivity contribution in [1.82, 2.24) is 4.90 Å². The topological polar surface area (TPSA) is 92.7 Å². The number of sulfonamides is 1. The number of nitrogens with two attached hydrogens (primary N) is 2. The summed E-state index contributed by atoms with van der Waals surface area (Å²) in [5.74, 6) is 0. The maximum atomic E-state index is 11.4. The molecule has 106 valence electrons. The molecule has 0 saturated carbocycles. The number of benzene rings is 1. The second-order valence-corrected chi connectivity index (χ2v) is 6.68. The SMILES string of the molecule is CN(C)C1CCN(c2cc(S(N)(=O)=O)ccc2N)C1. The van der Waals surface area contributed by atoms with E-state index in [1.807, 2.05) is 14.1 Å². The summed E-state index contributed by atoms with van der Waals surface area (Å²) >= 11 is 0. The van der Waals surface area contributed by atoms with Gasteiger partial charge in [0.15, 0.2) is 0 Å². The lowest BCUT2D eigenvalue weighted by molar-refractivity contribution is 0.315. The summed E-state index contributed by atoms with van der Waals surface area (Å²) in [5, 5.41) is 5.15. The van der Waals surface area contributed by atoms with Crippen LogP contribution < -0.4 is 15.8 Å². The minimum absolute atomic E-state index is 0.102. The second kappa shape index (κ2) is 4.99. The van der Waals surface area contributed by atoms with Crippen LogP contribution in [-0.4, -0.2) is 46.5 Å². The Morgan fingerprint density at radius 3 is 2.58 bits per heavy atom. The van der Waals surface area contributed by atoms with Crippen LogP contribution in [0.5, 0.6) is 0 Å². The van der Waals surface area contributed by atoms with E-state index < -0.39 is 10.0 Å². The van der Waals surface area contributed by atoms with Crippen molar-refractivity contribution in [2.24, 2.45) is 5.14 Å². The zero-order valence-corrected chi connectivity index (χ0v) is 12.0. The molecule has 1 aliphatic rings. The van der Waals surface area contributed by atoms with E-state index in [0.717, 1.165) is 25.2 Å². The molecule has 4 N–H and O–H groups in total. The molecule has 0 amide bonds. The third-order valence-corrected chi connectivity index (χ3v) is 4.48. The van der Waals surface area contributed by atoms with Crippen LogP contribution in [0.4, 0.5) is 11.4 Å². The zero-order chi connectivity index (χ0) is 14.2. The molecule has 0 radical (unpaired) electrons. The van der Waals surface area contributed by atoms with Crippen molar-refractivity contribution in [3.8, 4) is 0 Å². The van der Waals surface area contributed by atoms with E-state index >= 15 is 0 Å². The van der Waals surface area contributed by atoms with Gasteiger partial charge in [-0.05, 0) is 38.7 Å². The summed E-state index contributed by atoms with van der Waals surface area (Å²) < 4.78 is 22.8. The largest absolute Gasteiger partial charge is 0.397 e. The molecule has 0 spiro atoms. The molecule has 7 heteroatoms. The fourth-order valence-corrected chi connectivity index (χ4v) is 2.89. The molecule has 1 heterocycles. The number of hydrogen-bond acceptors (Lipinski definition) is 5. The second-order valence-electron chi connectivity index (χ2n) is 5.12. The van der Waals surface area contributed by atoms with E-state index in [2.05, 4.69) is 9.80 Å². The van der Waals surface area contributed by atoms with E-state index in [-0.39, 0.29) is 4.90 Å². The van der Waals surface area contributed by atoms with Gasteiger partial charge in [-0.15, -0.1) is 0 Å². The third kappa shape index (κ3) is 2.99.